The molecule has 2 aromatic carbocycles. The Hall–Kier alpha value is -2.22. The van der Waals surface area contributed by atoms with Crippen LogP contribution in [0.3, 0.4) is 0 Å². The predicted molar refractivity (Wildman–Crippen MR) is 104 cm³/mol. The first-order chi connectivity index (χ1) is 11.3. The van der Waals surface area contributed by atoms with Crippen LogP contribution < -0.4 is 9.80 Å². The van der Waals surface area contributed by atoms with Crippen molar-refractivity contribution in [3.63, 3.8) is 0 Å². The van der Waals surface area contributed by atoms with Gasteiger partial charge < -0.3 is 9.80 Å². The van der Waals surface area contributed by atoms with E-state index in [2.05, 4.69) is 72.0 Å². The first kappa shape index (κ1) is 18.8. The largest absolute Gasteiger partial charge is 0.331 e. The lowest BCUT2D eigenvalue weighted by atomic mass is 10.2. The minimum atomic E-state index is 1.01. The summed E-state index contributed by atoms with van der Waals surface area (Å²) in [7, 11) is 2.07. The molecular weight excluding hydrogens is 280 g/mol. The summed E-state index contributed by atoms with van der Waals surface area (Å²) in [6, 6.07) is 18.9. The molecule has 0 atom stereocenters. The lowest BCUT2D eigenvalue weighted by Crippen LogP contribution is -2.31. The average molecular weight is 310 g/mol. The molecule has 0 spiro atoms. The Bertz CT molecular complexity index is 590. The molecule has 2 heteroatoms. The zero-order valence-corrected chi connectivity index (χ0v) is 15.2. The van der Waals surface area contributed by atoms with Gasteiger partial charge in [-0.1, -0.05) is 70.7 Å². The maximum absolute atomic E-state index is 4.26. The fourth-order valence-electron chi connectivity index (χ4n) is 2.59. The van der Waals surface area contributed by atoms with E-state index in [0.29, 0.717) is 0 Å². The zero-order chi connectivity index (χ0) is 17.2. The molecule has 0 saturated carbocycles. The van der Waals surface area contributed by atoms with E-state index in [1.54, 1.807) is 0 Å². The van der Waals surface area contributed by atoms with Crippen molar-refractivity contribution in [2.45, 2.75) is 34.1 Å². The SMILES string of the molecule is C=C(N(C)c1ccccc1)N1CCc2ccccc21.CC.CC. The lowest BCUT2D eigenvalue weighted by Gasteiger charge is -2.30. The Morgan fingerprint density at radius 3 is 2.13 bits per heavy atom. The van der Waals surface area contributed by atoms with Gasteiger partial charge in [0.1, 0.15) is 5.82 Å². The monoisotopic (exact) mass is 310 g/mol. The molecule has 1 aliphatic rings. The third-order valence-electron chi connectivity index (χ3n) is 3.73. The number of anilines is 2. The number of nitrogens with zero attached hydrogens (tertiary/aromatic N) is 2. The van der Waals surface area contributed by atoms with Crippen LogP contribution in [-0.2, 0) is 6.42 Å². The highest BCUT2D eigenvalue weighted by atomic mass is 15.3. The summed E-state index contributed by atoms with van der Waals surface area (Å²) in [4.78, 5) is 4.43. The molecule has 0 amide bonds. The van der Waals surface area contributed by atoms with Crippen LogP contribution in [-0.4, -0.2) is 13.6 Å². The Balaban J connectivity index is 0.000000615. The van der Waals surface area contributed by atoms with Crippen molar-refractivity contribution in [3.8, 4) is 0 Å². The van der Waals surface area contributed by atoms with E-state index >= 15 is 0 Å². The van der Waals surface area contributed by atoms with Gasteiger partial charge in [0, 0.05) is 25.0 Å². The third kappa shape index (κ3) is 4.38. The maximum Gasteiger partial charge on any atom is 0.105 e. The van der Waals surface area contributed by atoms with Crippen LogP contribution in [0.1, 0.15) is 33.3 Å². The molecule has 1 heterocycles. The van der Waals surface area contributed by atoms with Crippen molar-refractivity contribution in [1.82, 2.24) is 0 Å². The Labute approximate surface area is 142 Å². The summed E-state index contributed by atoms with van der Waals surface area (Å²) < 4.78 is 0. The standard InChI is InChI=1S/C17H18N2.2C2H6/c1-14(18(2)16-9-4-3-5-10-16)19-13-12-15-8-6-7-11-17(15)19;2*1-2/h3-11H,1,12-13H2,2H3;2*1-2H3. The second kappa shape index (κ2) is 9.73. The number of fused-ring (bicyclic) bond motifs is 1. The number of rotatable bonds is 3. The van der Waals surface area contributed by atoms with E-state index in [1.807, 2.05) is 33.8 Å². The maximum atomic E-state index is 4.26. The second-order valence-corrected chi connectivity index (χ2v) is 4.84. The minimum Gasteiger partial charge on any atom is -0.331 e. The van der Waals surface area contributed by atoms with Crippen LogP contribution in [0.15, 0.2) is 67.0 Å². The van der Waals surface area contributed by atoms with Crippen LogP contribution in [0, 0.1) is 0 Å². The second-order valence-electron chi connectivity index (χ2n) is 4.84. The molecular formula is C21H30N2. The zero-order valence-electron chi connectivity index (χ0n) is 15.2. The summed E-state index contributed by atoms with van der Waals surface area (Å²) in [5, 5.41) is 0. The van der Waals surface area contributed by atoms with Gasteiger partial charge in [-0.2, -0.15) is 0 Å². The molecule has 0 N–H and O–H groups in total. The molecule has 0 fully saturated rings. The quantitative estimate of drug-likeness (QED) is 0.716. The number of benzene rings is 2. The molecule has 0 unspecified atom stereocenters. The van der Waals surface area contributed by atoms with Crippen molar-refractivity contribution < 1.29 is 0 Å². The molecule has 1 aliphatic heterocycles. The van der Waals surface area contributed by atoms with E-state index in [9.17, 15) is 0 Å². The molecule has 2 nitrogen and oxygen atoms in total. The summed E-state index contributed by atoms with van der Waals surface area (Å²) >= 11 is 0. The highest BCUT2D eigenvalue weighted by Gasteiger charge is 2.22. The average Bonchev–Trinajstić information content (AvgIpc) is 3.08. The molecule has 23 heavy (non-hydrogen) atoms. The molecule has 3 rings (SSSR count). The van der Waals surface area contributed by atoms with E-state index < -0.39 is 0 Å². The molecule has 0 radical (unpaired) electrons. The fourth-order valence-corrected chi connectivity index (χ4v) is 2.59. The summed E-state index contributed by atoms with van der Waals surface area (Å²) in [5.41, 5.74) is 3.86. The van der Waals surface area contributed by atoms with Gasteiger partial charge in [0.2, 0.25) is 0 Å². The third-order valence-corrected chi connectivity index (χ3v) is 3.73. The molecule has 0 aliphatic carbocycles. The lowest BCUT2D eigenvalue weighted by molar-refractivity contribution is 0.900. The summed E-state index contributed by atoms with van der Waals surface area (Å²) in [5.74, 6) is 1.02. The van der Waals surface area contributed by atoms with Gasteiger partial charge >= 0.3 is 0 Å². The van der Waals surface area contributed by atoms with Crippen molar-refractivity contribution in [3.05, 3.63) is 72.6 Å². The van der Waals surface area contributed by atoms with Gasteiger partial charge in [-0.25, -0.2) is 0 Å². The van der Waals surface area contributed by atoms with Crippen LogP contribution in [0.4, 0.5) is 11.4 Å². The summed E-state index contributed by atoms with van der Waals surface area (Å²) in [6.45, 7) is 13.3. The number of hydrogen-bond acceptors (Lipinski definition) is 2. The Kier molecular flexibility index (Phi) is 7.96. The number of para-hydroxylation sites is 2. The molecule has 0 saturated heterocycles. The molecule has 0 aromatic heterocycles. The topological polar surface area (TPSA) is 6.48 Å². The van der Waals surface area contributed by atoms with E-state index in [4.69, 9.17) is 0 Å². The van der Waals surface area contributed by atoms with Gasteiger partial charge in [0.15, 0.2) is 0 Å². The van der Waals surface area contributed by atoms with Gasteiger partial charge in [0.05, 0.1) is 0 Å². The van der Waals surface area contributed by atoms with Gasteiger partial charge in [0.25, 0.3) is 0 Å². The fraction of sp³-hybridized carbons (Fsp3) is 0.333. The van der Waals surface area contributed by atoms with E-state index in [1.165, 1.54) is 11.3 Å². The van der Waals surface area contributed by atoms with Crippen molar-refractivity contribution in [1.29, 1.82) is 0 Å². The van der Waals surface area contributed by atoms with Gasteiger partial charge in [-0.05, 0) is 30.2 Å². The summed E-state index contributed by atoms with van der Waals surface area (Å²) in [6.07, 6.45) is 1.10. The van der Waals surface area contributed by atoms with Crippen molar-refractivity contribution >= 4 is 11.4 Å². The van der Waals surface area contributed by atoms with Crippen LogP contribution >= 0.6 is 0 Å². The van der Waals surface area contributed by atoms with Crippen LogP contribution in [0.25, 0.3) is 0 Å². The van der Waals surface area contributed by atoms with E-state index in [0.717, 1.165) is 24.5 Å². The molecule has 124 valence electrons. The number of hydrogen-bond donors (Lipinski definition) is 0. The van der Waals surface area contributed by atoms with Crippen molar-refractivity contribution in [2.24, 2.45) is 0 Å². The molecule has 0 bridgehead atoms. The smallest absolute Gasteiger partial charge is 0.105 e. The Morgan fingerprint density at radius 1 is 0.913 bits per heavy atom. The normalized spacial score (nSPS) is 11.4. The first-order valence-corrected chi connectivity index (χ1v) is 8.60. The predicted octanol–water partition coefficient (Wildman–Crippen LogP) is 5.71. The van der Waals surface area contributed by atoms with E-state index in [-0.39, 0.29) is 0 Å². The van der Waals surface area contributed by atoms with Gasteiger partial charge in [-0.3, -0.25) is 0 Å². The first-order valence-electron chi connectivity index (χ1n) is 8.60. The van der Waals surface area contributed by atoms with Crippen LogP contribution in [0.2, 0.25) is 0 Å². The van der Waals surface area contributed by atoms with Crippen LogP contribution in [0.5, 0.6) is 0 Å². The van der Waals surface area contributed by atoms with Crippen molar-refractivity contribution in [2.75, 3.05) is 23.4 Å². The minimum absolute atomic E-state index is 1.01. The Morgan fingerprint density at radius 2 is 1.48 bits per heavy atom. The highest BCUT2D eigenvalue weighted by molar-refractivity contribution is 5.65. The highest BCUT2D eigenvalue weighted by Crippen LogP contribution is 2.32. The molecule has 2 aromatic rings. The van der Waals surface area contributed by atoms with Gasteiger partial charge in [-0.15, -0.1) is 0 Å².